The van der Waals surface area contributed by atoms with Gasteiger partial charge in [-0.05, 0) is 25.9 Å². The Hall–Kier alpha value is -0.120. The minimum Gasteiger partial charge on any atom is -0.396 e. The van der Waals surface area contributed by atoms with Gasteiger partial charge in [0.1, 0.15) is 0 Å². The van der Waals surface area contributed by atoms with Crippen molar-refractivity contribution in [2.45, 2.75) is 19.8 Å². The molecule has 1 rings (SSSR count). The lowest BCUT2D eigenvalue weighted by Gasteiger charge is -2.29. The first-order valence-electron chi connectivity index (χ1n) is 4.64. The lowest BCUT2D eigenvalue weighted by Crippen LogP contribution is -2.39. The summed E-state index contributed by atoms with van der Waals surface area (Å²) >= 11 is 0. The summed E-state index contributed by atoms with van der Waals surface area (Å²) in [5, 5.41) is 18.1. The van der Waals surface area contributed by atoms with Gasteiger partial charge in [-0.25, -0.2) is 0 Å². The van der Waals surface area contributed by atoms with E-state index in [0.717, 1.165) is 19.6 Å². The highest BCUT2D eigenvalue weighted by molar-refractivity contribution is 4.79. The van der Waals surface area contributed by atoms with Gasteiger partial charge in [0.25, 0.3) is 0 Å². The third-order valence-corrected chi connectivity index (χ3v) is 2.57. The predicted molar refractivity (Wildman–Crippen MR) is 48.0 cm³/mol. The topological polar surface area (TPSA) is 43.7 Å². The van der Waals surface area contributed by atoms with E-state index in [1.54, 1.807) is 0 Å². The third kappa shape index (κ3) is 2.44. The van der Waals surface area contributed by atoms with E-state index in [4.69, 9.17) is 10.2 Å². The Bertz CT molecular complexity index is 128. The van der Waals surface area contributed by atoms with Gasteiger partial charge in [-0.2, -0.15) is 0 Å². The van der Waals surface area contributed by atoms with Crippen LogP contribution >= 0.6 is 0 Å². The normalized spacial score (nSPS) is 20.2. The summed E-state index contributed by atoms with van der Waals surface area (Å²) < 4.78 is 0. The van der Waals surface area contributed by atoms with E-state index in [-0.39, 0.29) is 18.6 Å². The van der Waals surface area contributed by atoms with Crippen molar-refractivity contribution in [2.75, 3.05) is 32.8 Å². The van der Waals surface area contributed by atoms with Crippen LogP contribution in [0, 0.1) is 5.41 Å². The van der Waals surface area contributed by atoms with Crippen LogP contribution < -0.4 is 0 Å². The largest absolute Gasteiger partial charge is 0.396 e. The highest BCUT2D eigenvalue weighted by atomic mass is 16.3. The molecule has 1 aliphatic heterocycles. The smallest absolute Gasteiger partial charge is 0.0519 e. The minimum absolute atomic E-state index is 0.0694. The summed E-state index contributed by atoms with van der Waals surface area (Å²) in [4.78, 5) is 2.31. The van der Waals surface area contributed by atoms with Crippen LogP contribution in [0.5, 0.6) is 0 Å². The zero-order valence-electron chi connectivity index (χ0n) is 7.79. The van der Waals surface area contributed by atoms with Crippen LogP contribution in [0.15, 0.2) is 0 Å². The molecule has 1 heterocycles. The van der Waals surface area contributed by atoms with E-state index in [9.17, 15) is 0 Å². The molecule has 12 heavy (non-hydrogen) atoms. The molecule has 0 radical (unpaired) electrons. The second kappa shape index (κ2) is 4.21. The molecule has 0 aromatic carbocycles. The fourth-order valence-electron chi connectivity index (χ4n) is 1.63. The Kier molecular flexibility index (Phi) is 3.50. The summed E-state index contributed by atoms with van der Waals surface area (Å²) in [5.74, 6) is 0. The molecule has 0 amide bonds. The lowest BCUT2D eigenvalue weighted by molar-refractivity contribution is 0.0415. The average Bonchev–Trinajstić information content (AvgIpc) is 2.57. The lowest BCUT2D eigenvalue weighted by atomic mass is 9.92. The molecule has 3 nitrogen and oxygen atoms in total. The molecule has 3 heteroatoms. The van der Waals surface area contributed by atoms with Gasteiger partial charge in [0.15, 0.2) is 0 Å². The summed E-state index contributed by atoms with van der Waals surface area (Å²) in [6.07, 6.45) is 2.51. The predicted octanol–water partition coefficient (Wildman–Crippen LogP) is 0.0731. The summed E-state index contributed by atoms with van der Waals surface area (Å²) in [6.45, 7) is 5.12. The zero-order valence-corrected chi connectivity index (χ0v) is 7.79. The molecule has 72 valence electrons. The Morgan fingerprint density at radius 3 is 2.08 bits per heavy atom. The van der Waals surface area contributed by atoms with Gasteiger partial charge >= 0.3 is 0 Å². The maximum absolute atomic E-state index is 9.06. The van der Waals surface area contributed by atoms with Crippen molar-refractivity contribution in [2.24, 2.45) is 5.41 Å². The standard InChI is InChI=1S/C9H19NO2/c1-9(7-11,8-12)6-10-4-2-3-5-10/h11-12H,2-8H2,1H3. The third-order valence-electron chi connectivity index (χ3n) is 2.57. The van der Waals surface area contributed by atoms with E-state index in [1.807, 2.05) is 6.92 Å². The molecule has 0 unspecified atom stereocenters. The van der Waals surface area contributed by atoms with Crippen molar-refractivity contribution in [3.8, 4) is 0 Å². The monoisotopic (exact) mass is 173 g/mol. The Labute approximate surface area is 74.0 Å². The van der Waals surface area contributed by atoms with Crippen molar-refractivity contribution >= 4 is 0 Å². The maximum Gasteiger partial charge on any atom is 0.0519 e. The van der Waals surface area contributed by atoms with Crippen molar-refractivity contribution in [1.82, 2.24) is 4.90 Å². The SMILES string of the molecule is CC(CO)(CO)CN1CCCC1. The zero-order chi connectivity index (χ0) is 9.03. The Balaban J connectivity index is 2.35. The van der Waals surface area contributed by atoms with Crippen molar-refractivity contribution in [1.29, 1.82) is 0 Å². The van der Waals surface area contributed by atoms with Crippen LogP contribution in [0.3, 0.4) is 0 Å². The Morgan fingerprint density at radius 1 is 1.17 bits per heavy atom. The first-order chi connectivity index (χ1) is 5.70. The van der Waals surface area contributed by atoms with Crippen molar-refractivity contribution in [3.05, 3.63) is 0 Å². The minimum atomic E-state index is -0.315. The van der Waals surface area contributed by atoms with Gasteiger partial charge < -0.3 is 15.1 Å². The van der Waals surface area contributed by atoms with Gasteiger partial charge in [0.2, 0.25) is 0 Å². The summed E-state index contributed by atoms with van der Waals surface area (Å²) in [5.41, 5.74) is -0.315. The quantitative estimate of drug-likeness (QED) is 0.632. The summed E-state index contributed by atoms with van der Waals surface area (Å²) in [6, 6.07) is 0. The average molecular weight is 173 g/mol. The fourth-order valence-corrected chi connectivity index (χ4v) is 1.63. The van der Waals surface area contributed by atoms with Gasteiger partial charge in [-0.15, -0.1) is 0 Å². The van der Waals surface area contributed by atoms with Crippen LogP contribution in [-0.4, -0.2) is 48.0 Å². The number of nitrogens with zero attached hydrogens (tertiary/aromatic N) is 1. The van der Waals surface area contributed by atoms with Crippen molar-refractivity contribution < 1.29 is 10.2 Å². The highest BCUT2D eigenvalue weighted by Crippen LogP contribution is 2.19. The molecule has 0 aromatic heterocycles. The first-order valence-corrected chi connectivity index (χ1v) is 4.64. The molecule has 0 atom stereocenters. The molecular formula is C9H19NO2. The molecule has 1 fully saturated rings. The van der Waals surface area contributed by atoms with Gasteiger partial charge in [0.05, 0.1) is 13.2 Å². The van der Waals surface area contributed by atoms with Gasteiger partial charge in [-0.3, -0.25) is 0 Å². The molecule has 1 aliphatic rings. The fraction of sp³-hybridized carbons (Fsp3) is 1.00. The molecule has 0 spiro atoms. The number of aliphatic hydroxyl groups is 2. The van der Waals surface area contributed by atoms with Crippen LogP contribution in [0.4, 0.5) is 0 Å². The number of hydrogen-bond donors (Lipinski definition) is 2. The maximum atomic E-state index is 9.06. The molecule has 0 bridgehead atoms. The number of hydrogen-bond acceptors (Lipinski definition) is 3. The molecule has 1 saturated heterocycles. The Morgan fingerprint density at radius 2 is 1.67 bits per heavy atom. The molecule has 2 N–H and O–H groups in total. The van der Waals surface area contributed by atoms with Gasteiger partial charge in [-0.1, -0.05) is 6.92 Å². The van der Waals surface area contributed by atoms with E-state index in [0.29, 0.717) is 0 Å². The molecule has 0 saturated carbocycles. The van der Waals surface area contributed by atoms with E-state index in [2.05, 4.69) is 4.90 Å². The number of aliphatic hydroxyl groups excluding tert-OH is 2. The van der Waals surface area contributed by atoms with Crippen LogP contribution in [0.25, 0.3) is 0 Å². The second-order valence-electron chi connectivity index (χ2n) is 4.11. The van der Waals surface area contributed by atoms with Crippen LogP contribution in [0.2, 0.25) is 0 Å². The number of likely N-dealkylation sites (tertiary alicyclic amines) is 1. The molecule has 0 aliphatic carbocycles. The van der Waals surface area contributed by atoms with Crippen LogP contribution in [0.1, 0.15) is 19.8 Å². The molecule has 0 aromatic rings. The van der Waals surface area contributed by atoms with Crippen molar-refractivity contribution in [3.63, 3.8) is 0 Å². The first kappa shape index (κ1) is 9.96. The second-order valence-corrected chi connectivity index (χ2v) is 4.11. The summed E-state index contributed by atoms with van der Waals surface area (Å²) in [7, 11) is 0. The molecular weight excluding hydrogens is 154 g/mol. The van der Waals surface area contributed by atoms with E-state index < -0.39 is 0 Å². The van der Waals surface area contributed by atoms with E-state index in [1.165, 1.54) is 12.8 Å². The van der Waals surface area contributed by atoms with Crippen LogP contribution in [-0.2, 0) is 0 Å². The van der Waals surface area contributed by atoms with Gasteiger partial charge in [0, 0.05) is 12.0 Å². The van der Waals surface area contributed by atoms with E-state index >= 15 is 0 Å². The number of rotatable bonds is 4. The highest BCUT2D eigenvalue weighted by Gasteiger charge is 2.26.